The highest BCUT2D eigenvalue weighted by Gasteiger charge is 2.29. The Morgan fingerprint density at radius 1 is 1.39 bits per heavy atom. The lowest BCUT2D eigenvalue weighted by Crippen LogP contribution is -2.36. The Morgan fingerprint density at radius 2 is 2.21 bits per heavy atom. The van der Waals surface area contributed by atoms with Gasteiger partial charge < -0.3 is 15.4 Å². The van der Waals surface area contributed by atoms with Gasteiger partial charge in [-0.15, -0.1) is 0 Å². The summed E-state index contributed by atoms with van der Waals surface area (Å²) in [5.41, 5.74) is 6.08. The van der Waals surface area contributed by atoms with Crippen LogP contribution in [0.25, 0.3) is 0 Å². The summed E-state index contributed by atoms with van der Waals surface area (Å²) in [6.45, 7) is 1.00. The number of alkyl halides is 2. The number of likely N-dealkylation sites (tertiary alicyclic amines) is 1. The second-order valence-corrected chi connectivity index (χ2v) is 6.59. The van der Waals surface area contributed by atoms with Gasteiger partial charge in [0.15, 0.2) is 6.61 Å². The molecule has 0 spiro atoms. The fourth-order valence-electron chi connectivity index (χ4n) is 3.05. The zero-order chi connectivity index (χ0) is 20.1. The number of likely N-dealkylation sites (N-methyl/N-ethyl adjacent to an activating group) is 1. The number of nitrogen functional groups attached to an aromatic ring is 1. The van der Waals surface area contributed by atoms with Gasteiger partial charge >= 0.3 is 0 Å². The molecule has 1 fully saturated rings. The number of amides is 1. The molecule has 3 rings (SSSR count). The number of halogens is 2. The number of hydrogen-bond acceptors (Lipinski definition) is 7. The molecule has 8 nitrogen and oxygen atoms in total. The zero-order valence-corrected chi connectivity index (χ0v) is 15.5. The second-order valence-electron chi connectivity index (χ2n) is 6.59. The van der Waals surface area contributed by atoms with Crippen molar-refractivity contribution in [1.82, 2.24) is 24.8 Å². The molecule has 1 atom stereocenters. The van der Waals surface area contributed by atoms with Gasteiger partial charge in [0.25, 0.3) is 12.3 Å². The molecule has 1 unspecified atom stereocenters. The molecule has 2 N–H and O–H groups in total. The van der Waals surface area contributed by atoms with E-state index in [1.54, 1.807) is 17.2 Å². The molecular formula is C18H22F2N6O2. The van der Waals surface area contributed by atoms with Crippen molar-refractivity contribution in [1.29, 1.82) is 0 Å². The zero-order valence-electron chi connectivity index (χ0n) is 15.5. The summed E-state index contributed by atoms with van der Waals surface area (Å²) in [5.74, 6) is 0.980. The lowest BCUT2D eigenvalue weighted by atomic mass is 10.2. The van der Waals surface area contributed by atoms with Crippen LogP contribution < -0.4 is 10.5 Å². The van der Waals surface area contributed by atoms with Crippen LogP contribution >= 0.6 is 0 Å². The van der Waals surface area contributed by atoms with Crippen molar-refractivity contribution in [2.45, 2.75) is 25.4 Å². The highest BCUT2D eigenvalue weighted by molar-refractivity contribution is 5.94. The van der Waals surface area contributed by atoms with Crippen LogP contribution in [-0.2, 0) is 6.54 Å². The molecule has 0 aromatic carbocycles. The predicted molar refractivity (Wildman–Crippen MR) is 98.0 cm³/mol. The van der Waals surface area contributed by atoms with E-state index < -0.39 is 13.0 Å². The fourth-order valence-corrected chi connectivity index (χ4v) is 3.05. The fraction of sp³-hybridized carbons (Fsp3) is 0.444. The minimum Gasteiger partial charge on any atom is -0.472 e. The maximum atomic E-state index is 12.7. The Labute approximate surface area is 161 Å². The van der Waals surface area contributed by atoms with Crippen molar-refractivity contribution in [3.8, 4) is 5.88 Å². The highest BCUT2D eigenvalue weighted by atomic mass is 19.3. The summed E-state index contributed by atoms with van der Waals surface area (Å²) in [6, 6.07) is 4.77. The number of carbonyl (C=O) groups excluding carboxylic acids is 1. The van der Waals surface area contributed by atoms with Crippen LogP contribution in [0.2, 0.25) is 0 Å². The van der Waals surface area contributed by atoms with E-state index >= 15 is 0 Å². The van der Waals surface area contributed by atoms with Crippen molar-refractivity contribution >= 4 is 11.7 Å². The van der Waals surface area contributed by atoms with E-state index in [1.165, 1.54) is 18.3 Å². The van der Waals surface area contributed by atoms with Gasteiger partial charge in [-0.25, -0.2) is 23.7 Å². The molecule has 1 amide bonds. The Morgan fingerprint density at radius 3 is 2.89 bits per heavy atom. The molecule has 1 saturated heterocycles. The third kappa shape index (κ3) is 5.10. The second kappa shape index (κ2) is 8.87. The monoisotopic (exact) mass is 392 g/mol. The summed E-state index contributed by atoms with van der Waals surface area (Å²) in [7, 11) is 1.96. The minimum absolute atomic E-state index is 0.0676. The van der Waals surface area contributed by atoms with Gasteiger partial charge in [-0.1, -0.05) is 0 Å². The molecule has 2 aromatic rings. The number of aromatic nitrogens is 3. The Hall–Kier alpha value is -2.88. The van der Waals surface area contributed by atoms with Crippen LogP contribution in [-0.4, -0.2) is 69.9 Å². The van der Waals surface area contributed by atoms with Crippen molar-refractivity contribution < 1.29 is 18.3 Å². The van der Waals surface area contributed by atoms with Gasteiger partial charge in [0, 0.05) is 37.6 Å². The first-order valence-electron chi connectivity index (χ1n) is 8.86. The van der Waals surface area contributed by atoms with E-state index in [4.69, 9.17) is 10.5 Å². The van der Waals surface area contributed by atoms with E-state index in [9.17, 15) is 13.6 Å². The number of ether oxygens (including phenoxy) is 1. The van der Waals surface area contributed by atoms with E-state index in [2.05, 4.69) is 19.9 Å². The topological polar surface area (TPSA) is 97.5 Å². The molecule has 3 heterocycles. The summed E-state index contributed by atoms with van der Waals surface area (Å²) in [5, 5.41) is 0. The number of rotatable bonds is 7. The van der Waals surface area contributed by atoms with E-state index in [0.717, 1.165) is 6.42 Å². The van der Waals surface area contributed by atoms with Gasteiger partial charge in [0.05, 0.1) is 12.1 Å². The lowest BCUT2D eigenvalue weighted by molar-refractivity contribution is 0.0769. The van der Waals surface area contributed by atoms with Crippen molar-refractivity contribution in [3.63, 3.8) is 0 Å². The number of anilines is 1. The maximum absolute atomic E-state index is 12.7. The summed E-state index contributed by atoms with van der Waals surface area (Å²) >= 11 is 0. The molecular weight excluding hydrogens is 370 g/mol. The smallest absolute Gasteiger partial charge is 0.272 e. The predicted octanol–water partition coefficient (Wildman–Crippen LogP) is 1.44. The number of nitrogens with zero attached hydrogens (tertiary/aromatic N) is 5. The standard InChI is InChI=1S/C18H22F2N6O2/c1-25(10-16-22-6-4-15(21)24-16)13-5-7-26(9-13)18(27)12-2-3-17(23-8-12)28-11-14(19)20/h2-4,6,8,13-14H,5,7,9-11H2,1H3,(H2,21,22,24). The average Bonchev–Trinajstić information content (AvgIpc) is 3.16. The maximum Gasteiger partial charge on any atom is 0.272 e. The van der Waals surface area contributed by atoms with Crippen LogP contribution in [0.4, 0.5) is 14.6 Å². The average molecular weight is 392 g/mol. The third-order valence-electron chi connectivity index (χ3n) is 4.53. The van der Waals surface area contributed by atoms with Gasteiger partial charge in [-0.05, 0) is 25.6 Å². The van der Waals surface area contributed by atoms with Gasteiger partial charge in [0.1, 0.15) is 11.6 Å². The van der Waals surface area contributed by atoms with Crippen LogP contribution in [0.1, 0.15) is 22.6 Å². The quantitative estimate of drug-likeness (QED) is 0.761. The third-order valence-corrected chi connectivity index (χ3v) is 4.53. The first kappa shape index (κ1) is 19.9. The number of carbonyl (C=O) groups is 1. The SMILES string of the molecule is CN(Cc1nccc(N)n1)C1CCN(C(=O)c2ccc(OCC(F)F)nc2)C1. The van der Waals surface area contributed by atoms with Crippen LogP contribution in [0, 0.1) is 0 Å². The molecule has 0 radical (unpaired) electrons. The number of pyridine rings is 1. The Kier molecular flexibility index (Phi) is 6.30. The summed E-state index contributed by atoms with van der Waals surface area (Å²) < 4.78 is 29.1. The van der Waals surface area contributed by atoms with Crippen molar-refractivity contribution in [3.05, 3.63) is 42.0 Å². The van der Waals surface area contributed by atoms with Crippen LogP contribution in [0.5, 0.6) is 5.88 Å². The molecule has 150 valence electrons. The Bertz CT molecular complexity index is 805. The molecule has 10 heteroatoms. The first-order chi connectivity index (χ1) is 13.4. The van der Waals surface area contributed by atoms with Crippen molar-refractivity contribution in [2.75, 3.05) is 32.5 Å². The molecule has 1 aliphatic rings. The van der Waals surface area contributed by atoms with Crippen LogP contribution in [0.3, 0.4) is 0 Å². The largest absolute Gasteiger partial charge is 0.472 e. The molecule has 0 aliphatic carbocycles. The highest BCUT2D eigenvalue weighted by Crippen LogP contribution is 2.19. The Balaban J connectivity index is 1.54. The molecule has 2 aromatic heterocycles. The summed E-state index contributed by atoms with van der Waals surface area (Å²) in [6.07, 6.45) is 1.23. The molecule has 1 aliphatic heterocycles. The summed E-state index contributed by atoms with van der Waals surface area (Å²) in [4.78, 5) is 28.8. The van der Waals surface area contributed by atoms with E-state index in [0.29, 0.717) is 36.8 Å². The van der Waals surface area contributed by atoms with Gasteiger partial charge in [-0.2, -0.15) is 0 Å². The molecule has 0 bridgehead atoms. The normalized spacial score (nSPS) is 16.8. The number of nitrogens with two attached hydrogens (primary N) is 1. The van der Waals surface area contributed by atoms with Gasteiger partial charge in [-0.3, -0.25) is 9.69 Å². The minimum atomic E-state index is -2.57. The molecule has 28 heavy (non-hydrogen) atoms. The van der Waals surface area contributed by atoms with Crippen molar-refractivity contribution in [2.24, 2.45) is 0 Å². The van der Waals surface area contributed by atoms with E-state index in [1.807, 2.05) is 7.05 Å². The lowest BCUT2D eigenvalue weighted by Gasteiger charge is -2.24. The van der Waals surface area contributed by atoms with Gasteiger partial charge in [0.2, 0.25) is 5.88 Å². The van der Waals surface area contributed by atoms with E-state index in [-0.39, 0.29) is 17.8 Å². The number of hydrogen-bond donors (Lipinski definition) is 1. The van der Waals surface area contributed by atoms with Crippen LogP contribution in [0.15, 0.2) is 30.6 Å². The first-order valence-corrected chi connectivity index (χ1v) is 8.86. The molecule has 0 saturated carbocycles.